The number of aliphatic carboxylic acids is 1. The van der Waals surface area contributed by atoms with Crippen LogP contribution in [0.3, 0.4) is 0 Å². The highest BCUT2D eigenvalue weighted by atomic mass is 35.5. The predicted molar refractivity (Wildman–Crippen MR) is 105 cm³/mol. The second-order valence-corrected chi connectivity index (χ2v) is 7.72. The van der Waals surface area contributed by atoms with E-state index in [0.29, 0.717) is 19.8 Å². The van der Waals surface area contributed by atoms with Gasteiger partial charge in [0.1, 0.15) is 4.32 Å². The van der Waals surface area contributed by atoms with Crippen LogP contribution in [0.15, 0.2) is 59.5 Å². The molecule has 1 atom stereocenters. The first kappa shape index (κ1) is 18.6. The molecule has 1 heterocycles. The van der Waals surface area contributed by atoms with Crippen LogP contribution in [-0.2, 0) is 9.59 Å². The van der Waals surface area contributed by atoms with E-state index < -0.39 is 12.0 Å². The van der Waals surface area contributed by atoms with Gasteiger partial charge in [-0.1, -0.05) is 78.0 Å². The van der Waals surface area contributed by atoms with E-state index in [1.165, 1.54) is 4.90 Å². The summed E-state index contributed by atoms with van der Waals surface area (Å²) in [6.07, 6.45) is 1.39. The van der Waals surface area contributed by atoms with Gasteiger partial charge in [-0.2, -0.15) is 0 Å². The fraction of sp³-hybridized carbons (Fsp3) is 0.105. The van der Waals surface area contributed by atoms with Gasteiger partial charge >= 0.3 is 0 Å². The molecule has 26 heavy (non-hydrogen) atoms. The molecule has 0 bridgehead atoms. The van der Waals surface area contributed by atoms with Gasteiger partial charge in [-0.15, -0.1) is 0 Å². The van der Waals surface area contributed by atoms with Crippen molar-refractivity contribution >= 4 is 57.9 Å². The van der Waals surface area contributed by atoms with Crippen molar-refractivity contribution in [1.29, 1.82) is 0 Å². The molecule has 0 aromatic heterocycles. The van der Waals surface area contributed by atoms with E-state index in [1.54, 1.807) is 54.6 Å². The van der Waals surface area contributed by atoms with Gasteiger partial charge < -0.3 is 9.90 Å². The van der Waals surface area contributed by atoms with E-state index >= 15 is 0 Å². The van der Waals surface area contributed by atoms with Crippen LogP contribution >= 0.6 is 35.6 Å². The van der Waals surface area contributed by atoms with Gasteiger partial charge in [-0.3, -0.25) is 9.69 Å². The van der Waals surface area contributed by atoms with Crippen molar-refractivity contribution < 1.29 is 14.7 Å². The van der Waals surface area contributed by atoms with Crippen LogP contribution in [0, 0.1) is 0 Å². The zero-order valence-corrected chi connectivity index (χ0v) is 15.8. The third-order valence-corrected chi connectivity index (χ3v) is 5.43. The number of carbonyl (C=O) groups excluding carboxylic acids is 2. The number of carboxylic acids is 1. The van der Waals surface area contributed by atoms with E-state index in [1.807, 2.05) is 6.07 Å². The minimum Gasteiger partial charge on any atom is -0.550 e. The largest absolute Gasteiger partial charge is 0.550 e. The highest BCUT2D eigenvalue weighted by Crippen LogP contribution is 2.39. The Kier molecular flexibility index (Phi) is 5.76. The van der Waals surface area contributed by atoms with Gasteiger partial charge in [0.15, 0.2) is 0 Å². The van der Waals surface area contributed by atoms with Crippen molar-refractivity contribution in [3.63, 3.8) is 0 Å². The van der Waals surface area contributed by atoms with Crippen LogP contribution in [0.25, 0.3) is 6.08 Å². The van der Waals surface area contributed by atoms with Gasteiger partial charge in [-0.05, 0) is 29.3 Å². The molecule has 1 fully saturated rings. The first-order valence-electron chi connectivity index (χ1n) is 7.73. The summed E-state index contributed by atoms with van der Waals surface area (Å²) in [4.78, 5) is 25.9. The molecule has 0 aliphatic carbocycles. The Hall–Kier alpha value is -2.15. The molecule has 0 radical (unpaired) electrons. The Balaban J connectivity index is 1.93. The van der Waals surface area contributed by atoms with Crippen molar-refractivity contribution in [3.05, 3.63) is 75.7 Å². The standard InChI is InChI=1S/C19H14ClNO3S2/c20-14-8-6-12(7-9-14)10-16-18(24)21(19(25)26-16)15(11-17(22)23)13-4-2-1-3-5-13/h1-10,15H,11H2,(H,22,23)/p-1/b16-10-/t15-/m1/s1. The molecule has 3 rings (SSSR count). The smallest absolute Gasteiger partial charge is 0.266 e. The third-order valence-electron chi connectivity index (χ3n) is 3.85. The molecule has 0 saturated carbocycles. The molecule has 1 amide bonds. The van der Waals surface area contributed by atoms with Crippen LogP contribution < -0.4 is 5.11 Å². The Morgan fingerprint density at radius 3 is 2.46 bits per heavy atom. The highest BCUT2D eigenvalue weighted by Gasteiger charge is 2.37. The maximum atomic E-state index is 12.9. The van der Waals surface area contributed by atoms with E-state index in [2.05, 4.69) is 0 Å². The summed E-state index contributed by atoms with van der Waals surface area (Å²) in [6, 6.07) is 15.3. The van der Waals surface area contributed by atoms with Crippen LogP contribution in [0.1, 0.15) is 23.6 Å². The summed E-state index contributed by atoms with van der Waals surface area (Å²) in [7, 11) is 0. The number of amides is 1. The lowest BCUT2D eigenvalue weighted by atomic mass is 10.0. The third kappa shape index (κ3) is 4.15. The molecule has 0 unspecified atom stereocenters. The molecule has 7 heteroatoms. The van der Waals surface area contributed by atoms with Crippen molar-refractivity contribution in [2.75, 3.05) is 0 Å². The number of hydrogen-bond acceptors (Lipinski definition) is 5. The van der Waals surface area contributed by atoms with Crippen molar-refractivity contribution in [1.82, 2.24) is 4.90 Å². The van der Waals surface area contributed by atoms with Crippen molar-refractivity contribution in [2.24, 2.45) is 0 Å². The van der Waals surface area contributed by atoms with E-state index in [9.17, 15) is 14.7 Å². The summed E-state index contributed by atoms with van der Waals surface area (Å²) in [5, 5.41) is 11.8. The number of carbonyl (C=O) groups is 2. The number of nitrogens with zero attached hydrogens (tertiary/aromatic N) is 1. The fourth-order valence-corrected chi connectivity index (χ4v) is 4.13. The number of thiocarbonyl (C=S) groups is 1. The lowest BCUT2D eigenvalue weighted by molar-refractivity contribution is -0.306. The molecule has 2 aromatic carbocycles. The minimum absolute atomic E-state index is 0.315. The van der Waals surface area contributed by atoms with Crippen molar-refractivity contribution in [3.8, 4) is 0 Å². The van der Waals surface area contributed by atoms with Crippen molar-refractivity contribution in [2.45, 2.75) is 12.5 Å². The van der Waals surface area contributed by atoms with Gasteiger partial charge in [0.2, 0.25) is 0 Å². The lowest BCUT2D eigenvalue weighted by Gasteiger charge is -2.27. The maximum Gasteiger partial charge on any atom is 0.266 e. The summed E-state index contributed by atoms with van der Waals surface area (Å²) < 4.78 is 0.324. The number of carboxylic acid groups (broad SMARTS) is 1. The maximum absolute atomic E-state index is 12.9. The van der Waals surface area contributed by atoms with Gasteiger partial charge in [0.05, 0.1) is 10.9 Å². The molecule has 1 saturated heterocycles. The SMILES string of the molecule is O=C([O-])C[C@H](c1ccccc1)N1C(=O)/C(=C/c2ccc(Cl)cc2)SC1=S. The first-order chi connectivity index (χ1) is 12.5. The molecular formula is C19H13ClNO3S2-. The molecule has 4 nitrogen and oxygen atoms in total. The van der Waals surface area contributed by atoms with Gasteiger partial charge in [-0.25, -0.2) is 0 Å². The number of hydrogen-bond donors (Lipinski definition) is 0. The Morgan fingerprint density at radius 1 is 1.19 bits per heavy atom. The van der Waals surface area contributed by atoms with E-state index in [4.69, 9.17) is 23.8 Å². The van der Waals surface area contributed by atoms with Crippen LogP contribution in [-0.4, -0.2) is 21.1 Å². The van der Waals surface area contributed by atoms with E-state index in [0.717, 1.165) is 17.3 Å². The number of rotatable bonds is 5. The van der Waals surface area contributed by atoms with Gasteiger partial charge in [0.25, 0.3) is 5.91 Å². The fourth-order valence-electron chi connectivity index (χ4n) is 2.65. The predicted octanol–water partition coefficient (Wildman–Crippen LogP) is 3.42. The topological polar surface area (TPSA) is 60.4 Å². The number of thioether (sulfide) groups is 1. The molecule has 1 aliphatic heterocycles. The monoisotopic (exact) mass is 402 g/mol. The molecule has 132 valence electrons. The Morgan fingerprint density at radius 2 is 1.85 bits per heavy atom. The van der Waals surface area contributed by atoms with Crippen LogP contribution in [0.2, 0.25) is 5.02 Å². The summed E-state index contributed by atoms with van der Waals surface area (Å²) >= 11 is 12.4. The minimum atomic E-state index is -1.24. The average Bonchev–Trinajstić information content (AvgIpc) is 2.89. The number of halogens is 1. The normalized spacial score (nSPS) is 17.0. The van der Waals surface area contributed by atoms with Gasteiger partial charge in [0, 0.05) is 17.4 Å². The molecule has 1 aliphatic rings. The molecule has 0 spiro atoms. The molecule has 2 aromatic rings. The molecular weight excluding hydrogens is 390 g/mol. The summed E-state index contributed by atoms with van der Waals surface area (Å²) in [5.41, 5.74) is 1.51. The first-order valence-corrected chi connectivity index (χ1v) is 9.33. The lowest BCUT2D eigenvalue weighted by Crippen LogP contribution is -2.37. The summed E-state index contributed by atoms with van der Waals surface area (Å²) in [6.45, 7) is 0. The van der Waals surface area contributed by atoms with Crippen LogP contribution in [0.5, 0.6) is 0 Å². The quantitative estimate of drug-likeness (QED) is 0.566. The molecule has 0 N–H and O–H groups in total. The Labute approximate surface area is 165 Å². The van der Waals surface area contributed by atoms with E-state index in [-0.39, 0.29) is 12.3 Å². The number of benzene rings is 2. The average molecular weight is 403 g/mol. The summed E-state index contributed by atoms with van der Waals surface area (Å²) in [5.74, 6) is -1.56. The zero-order valence-electron chi connectivity index (χ0n) is 13.4. The highest BCUT2D eigenvalue weighted by molar-refractivity contribution is 8.26. The Bertz CT molecular complexity index is 881. The zero-order chi connectivity index (χ0) is 18.7. The second-order valence-electron chi connectivity index (χ2n) is 5.61. The van der Waals surface area contributed by atoms with Crippen LogP contribution in [0.4, 0.5) is 0 Å². The second kappa shape index (κ2) is 8.03.